The molecule has 1 fully saturated rings. The Hall–Kier alpha value is -1.07. The van der Waals surface area contributed by atoms with E-state index in [1.807, 2.05) is 11.9 Å². The first kappa shape index (κ1) is 12.4. The molecular formula is C11H17ClN4O. The van der Waals surface area contributed by atoms with E-state index >= 15 is 0 Å². The first-order valence-corrected chi connectivity index (χ1v) is 6.09. The molecule has 94 valence electrons. The summed E-state index contributed by atoms with van der Waals surface area (Å²) in [6, 6.07) is 1.06. The van der Waals surface area contributed by atoms with Crippen LogP contribution in [0.15, 0.2) is 6.20 Å². The summed E-state index contributed by atoms with van der Waals surface area (Å²) in [5.41, 5.74) is 0. The number of aromatic nitrogens is 2. The van der Waals surface area contributed by atoms with Crippen molar-refractivity contribution in [3.05, 3.63) is 11.2 Å². The fourth-order valence-corrected chi connectivity index (χ4v) is 1.77. The number of methoxy groups -OCH3 is 1. The lowest BCUT2D eigenvalue weighted by molar-refractivity contribution is 0.380. The van der Waals surface area contributed by atoms with Crippen molar-refractivity contribution in [2.24, 2.45) is 0 Å². The summed E-state index contributed by atoms with van der Waals surface area (Å²) in [5, 5.41) is 3.99. The standard InChI is InChI=1S/C11H17ClN4O/c1-16(6-5-13-8-3-4-8)10-9(12)7-14-11(15-10)17-2/h7-8,13H,3-6H2,1-2H3. The van der Waals surface area contributed by atoms with Gasteiger partial charge in [0.05, 0.1) is 13.3 Å². The minimum Gasteiger partial charge on any atom is -0.467 e. The van der Waals surface area contributed by atoms with Gasteiger partial charge in [-0.3, -0.25) is 0 Å². The van der Waals surface area contributed by atoms with E-state index in [0.717, 1.165) is 19.1 Å². The van der Waals surface area contributed by atoms with Crippen molar-refractivity contribution < 1.29 is 4.74 Å². The van der Waals surface area contributed by atoms with Gasteiger partial charge in [-0.15, -0.1) is 0 Å². The molecule has 0 saturated heterocycles. The smallest absolute Gasteiger partial charge is 0.318 e. The van der Waals surface area contributed by atoms with Gasteiger partial charge in [-0.05, 0) is 12.8 Å². The van der Waals surface area contributed by atoms with Crippen LogP contribution in [0.5, 0.6) is 6.01 Å². The van der Waals surface area contributed by atoms with Crippen LogP contribution in [0.25, 0.3) is 0 Å². The number of rotatable bonds is 6. The van der Waals surface area contributed by atoms with Crippen LogP contribution in [0.3, 0.4) is 0 Å². The van der Waals surface area contributed by atoms with Gasteiger partial charge in [-0.1, -0.05) is 11.6 Å². The summed E-state index contributed by atoms with van der Waals surface area (Å²) in [6.07, 6.45) is 4.16. The minimum atomic E-state index is 0.339. The Morgan fingerprint density at radius 3 is 3.00 bits per heavy atom. The number of nitrogens with zero attached hydrogens (tertiary/aromatic N) is 3. The lowest BCUT2D eigenvalue weighted by Gasteiger charge is -2.19. The molecule has 0 spiro atoms. The van der Waals surface area contributed by atoms with Gasteiger partial charge in [0.1, 0.15) is 5.02 Å². The molecule has 0 amide bonds. The Morgan fingerprint density at radius 1 is 1.59 bits per heavy atom. The number of nitrogens with one attached hydrogen (secondary N) is 1. The van der Waals surface area contributed by atoms with Gasteiger partial charge >= 0.3 is 6.01 Å². The number of ether oxygens (including phenoxy) is 1. The lowest BCUT2D eigenvalue weighted by atomic mass is 10.4. The number of halogens is 1. The second-order valence-electron chi connectivity index (χ2n) is 4.18. The second kappa shape index (κ2) is 5.51. The zero-order valence-electron chi connectivity index (χ0n) is 10.1. The maximum atomic E-state index is 6.06. The van der Waals surface area contributed by atoms with Gasteiger partial charge in [0.15, 0.2) is 5.82 Å². The summed E-state index contributed by atoms with van der Waals surface area (Å²) in [4.78, 5) is 10.2. The quantitative estimate of drug-likeness (QED) is 0.832. The first-order valence-electron chi connectivity index (χ1n) is 5.71. The lowest BCUT2D eigenvalue weighted by Crippen LogP contribution is -2.31. The van der Waals surface area contributed by atoms with Crippen molar-refractivity contribution >= 4 is 17.4 Å². The molecule has 0 atom stereocenters. The van der Waals surface area contributed by atoms with E-state index in [0.29, 0.717) is 16.9 Å². The maximum absolute atomic E-state index is 6.06. The zero-order chi connectivity index (χ0) is 12.3. The average Bonchev–Trinajstić information content (AvgIpc) is 3.13. The summed E-state index contributed by atoms with van der Waals surface area (Å²) in [7, 11) is 3.50. The van der Waals surface area contributed by atoms with Gasteiger partial charge < -0.3 is 15.0 Å². The third-order valence-corrected chi connectivity index (χ3v) is 2.97. The van der Waals surface area contributed by atoms with Gasteiger partial charge in [0.2, 0.25) is 0 Å². The molecule has 17 heavy (non-hydrogen) atoms. The normalized spacial score (nSPS) is 14.8. The van der Waals surface area contributed by atoms with Crippen LogP contribution in [0, 0.1) is 0 Å². The van der Waals surface area contributed by atoms with E-state index in [4.69, 9.17) is 16.3 Å². The highest BCUT2D eigenvalue weighted by Crippen LogP contribution is 2.23. The molecule has 5 nitrogen and oxygen atoms in total. The minimum absolute atomic E-state index is 0.339. The molecule has 0 unspecified atom stereocenters. The molecule has 1 aliphatic carbocycles. The topological polar surface area (TPSA) is 50.3 Å². The average molecular weight is 257 g/mol. The molecule has 0 bridgehead atoms. The van der Waals surface area contributed by atoms with Crippen molar-refractivity contribution in [1.29, 1.82) is 0 Å². The molecule has 6 heteroatoms. The van der Waals surface area contributed by atoms with Crippen molar-refractivity contribution in [3.8, 4) is 6.01 Å². The number of hydrogen-bond donors (Lipinski definition) is 1. The Labute approximate surface area is 106 Å². The molecule has 1 aromatic heterocycles. The monoisotopic (exact) mass is 256 g/mol. The highest BCUT2D eigenvalue weighted by atomic mass is 35.5. The number of likely N-dealkylation sites (N-methyl/N-ethyl adjacent to an activating group) is 1. The third-order valence-electron chi connectivity index (χ3n) is 2.71. The highest BCUT2D eigenvalue weighted by Gasteiger charge is 2.20. The molecule has 1 aliphatic rings. The largest absolute Gasteiger partial charge is 0.467 e. The zero-order valence-corrected chi connectivity index (χ0v) is 10.9. The van der Waals surface area contributed by atoms with Crippen LogP contribution in [0.4, 0.5) is 5.82 Å². The molecule has 1 aromatic rings. The van der Waals surface area contributed by atoms with Gasteiger partial charge in [0, 0.05) is 26.2 Å². The van der Waals surface area contributed by atoms with Gasteiger partial charge in [-0.25, -0.2) is 4.98 Å². The number of hydrogen-bond acceptors (Lipinski definition) is 5. The Morgan fingerprint density at radius 2 is 2.35 bits per heavy atom. The highest BCUT2D eigenvalue weighted by molar-refractivity contribution is 6.32. The maximum Gasteiger partial charge on any atom is 0.318 e. The summed E-state index contributed by atoms with van der Waals surface area (Å²) in [5.74, 6) is 0.705. The molecule has 1 heterocycles. The van der Waals surface area contributed by atoms with E-state index in [2.05, 4.69) is 15.3 Å². The molecular weight excluding hydrogens is 240 g/mol. The van der Waals surface area contributed by atoms with Crippen molar-refractivity contribution in [3.63, 3.8) is 0 Å². The first-order chi connectivity index (χ1) is 8.20. The Balaban J connectivity index is 1.93. The summed E-state index contributed by atoms with van der Waals surface area (Å²) < 4.78 is 4.99. The van der Waals surface area contributed by atoms with Crippen LogP contribution >= 0.6 is 11.6 Å². The SMILES string of the molecule is COc1ncc(Cl)c(N(C)CCNC2CC2)n1. The summed E-state index contributed by atoms with van der Waals surface area (Å²) >= 11 is 6.06. The van der Waals surface area contributed by atoms with E-state index < -0.39 is 0 Å². The second-order valence-corrected chi connectivity index (χ2v) is 4.59. The molecule has 1 saturated carbocycles. The predicted molar refractivity (Wildman–Crippen MR) is 67.9 cm³/mol. The van der Waals surface area contributed by atoms with E-state index in [1.54, 1.807) is 13.3 Å². The van der Waals surface area contributed by atoms with E-state index in [9.17, 15) is 0 Å². The van der Waals surface area contributed by atoms with Crippen LogP contribution in [-0.2, 0) is 0 Å². The van der Waals surface area contributed by atoms with E-state index in [-0.39, 0.29) is 0 Å². The third kappa shape index (κ3) is 3.44. The van der Waals surface area contributed by atoms with Crippen LogP contribution in [0.1, 0.15) is 12.8 Å². The van der Waals surface area contributed by atoms with Crippen molar-refractivity contribution in [2.75, 3.05) is 32.1 Å². The van der Waals surface area contributed by atoms with Gasteiger partial charge in [-0.2, -0.15) is 4.98 Å². The molecule has 0 aliphatic heterocycles. The fraction of sp³-hybridized carbons (Fsp3) is 0.636. The molecule has 2 rings (SSSR count). The van der Waals surface area contributed by atoms with Crippen LogP contribution in [-0.4, -0.2) is 43.3 Å². The number of anilines is 1. The van der Waals surface area contributed by atoms with E-state index in [1.165, 1.54) is 12.8 Å². The summed E-state index contributed by atoms with van der Waals surface area (Å²) in [6.45, 7) is 1.79. The fourth-order valence-electron chi connectivity index (χ4n) is 1.54. The molecule has 0 radical (unpaired) electrons. The molecule has 0 aromatic carbocycles. The Bertz CT molecular complexity index is 384. The van der Waals surface area contributed by atoms with Crippen LogP contribution < -0.4 is 15.0 Å². The molecule has 1 N–H and O–H groups in total. The van der Waals surface area contributed by atoms with Crippen molar-refractivity contribution in [2.45, 2.75) is 18.9 Å². The predicted octanol–water partition coefficient (Wildman–Crippen LogP) is 1.33. The van der Waals surface area contributed by atoms with Gasteiger partial charge in [0.25, 0.3) is 0 Å². The van der Waals surface area contributed by atoms with Crippen molar-refractivity contribution in [1.82, 2.24) is 15.3 Å². The Kier molecular flexibility index (Phi) is 4.02. The van der Waals surface area contributed by atoms with Crippen LogP contribution in [0.2, 0.25) is 5.02 Å².